The molecule has 3 rings (SSSR count). The lowest BCUT2D eigenvalue weighted by atomic mass is 9.81. The third-order valence-electron chi connectivity index (χ3n) is 3.15. The number of alkyl halides is 1. The molecule has 1 saturated carbocycles. The lowest BCUT2D eigenvalue weighted by molar-refractivity contribution is -0.153. The molecule has 0 aromatic carbocycles. The molecule has 0 N–H and O–H groups in total. The van der Waals surface area contributed by atoms with Gasteiger partial charge in [0.15, 0.2) is 0 Å². The quantitative estimate of drug-likeness (QED) is 0.305. The molecular weight excluding hydrogens is 232 g/mol. The fourth-order valence-corrected chi connectivity index (χ4v) is 2.28. The van der Waals surface area contributed by atoms with Crippen molar-refractivity contribution in [2.24, 2.45) is 11.8 Å². The van der Waals surface area contributed by atoms with E-state index >= 15 is 0 Å². The standard InChI is InChI=1S/C8H10O3.C3H5ClO/c9-7-5-3-1-2-4-6(5)8(10)11-7;4-1-3-2-5-3/h5-6H,1-4H2;3H,1-2H2. The van der Waals surface area contributed by atoms with Crippen molar-refractivity contribution >= 4 is 23.5 Å². The van der Waals surface area contributed by atoms with Gasteiger partial charge in [-0.15, -0.1) is 11.6 Å². The Bertz CT molecular complexity index is 266. The molecule has 4 nitrogen and oxygen atoms in total. The first-order valence-corrected chi connectivity index (χ1v) is 6.19. The van der Waals surface area contributed by atoms with Crippen LogP contribution in [0.15, 0.2) is 0 Å². The highest BCUT2D eigenvalue weighted by molar-refractivity contribution is 6.18. The molecule has 2 heterocycles. The lowest BCUT2D eigenvalue weighted by Gasteiger charge is -2.18. The van der Waals surface area contributed by atoms with E-state index in [4.69, 9.17) is 16.3 Å². The highest BCUT2D eigenvalue weighted by Crippen LogP contribution is 2.36. The third kappa shape index (κ3) is 2.74. The minimum Gasteiger partial charge on any atom is -0.393 e. The summed E-state index contributed by atoms with van der Waals surface area (Å²) in [6.45, 7) is 0.878. The summed E-state index contributed by atoms with van der Waals surface area (Å²) < 4.78 is 9.26. The number of hydrogen-bond donors (Lipinski definition) is 0. The molecule has 0 radical (unpaired) electrons. The topological polar surface area (TPSA) is 55.9 Å². The number of epoxide rings is 1. The molecule has 2 saturated heterocycles. The van der Waals surface area contributed by atoms with Gasteiger partial charge in [0.2, 0.25) is 0 Å². The van der Waals surface area contributed by atoms with Crippen LogP contribution in [-0.4, -0.2) is 30.5 Å². The molecule has 0 aromatic rings. The summed E-state index contributed by atoms with van der Waals surface area (Å²) >= 11 is 5.27. The Kier molecular flexibility index (Phi) is 3.82. The molecular formula is C11H15ClO4. The van der Waals surface area contributed by atoms with Crippen LogP contribution in [-0.2, 0) is 19.1 Å². The smallest absolute Gasteiger partial charge is 0.317 e. The summed E-state index contributed by atoms with van der Waals surface area (Å²) in [5, 5.41) is 0. The fourth-order valence-electron chi connectivity index (χ4n) is 2.10. The van der Waals surface area contributed by atoms with Gasteiger partial charge in [-0.2, -0.15) is 0 Å². The zero-order chi connectivity index (χ0) is 11.5. The normalized spacial score (nSPS) is 35.9. The highest BCUT2D eigenvalue weighted by Gasteiger charge is 2.44. The number of carbonyl (C=O) groups excluding carboxylic acids is 2. The van der Waals surface area contributed by atoms with Gasteiger partial charge in [0, 0.05) is 0 Å². The van der Waals surface area contributed by atoms with Crippen LogP contribution in [0.5, 0.6) is 0 Å². The minimum atomic E-state index is -0.292. The molecule has 0 spiro atoms. The van der Waals surface area contributed by atoms with Gasteiger partial charge in [0.25, 0.3) is 0 Å². The van der Waals surface area contributed by atoms with Crippen LogP contribution in [0.1, 0.15) is 25.7 Å². The van der Waals surface area contributed by atoms with Crippen molar-refractivity contribution in [3.05, 3.63) is 0 Å². The van der Waals surface area contributed by atoms with Crippen LogP contribution in [0.25, 0.3) is 0 Å². The van der Waals surface area contributed by atoms with E-state index in [1.807, 2.05) is 0 Å². The van der Waals surface area contributed by atoms with E-state index in [-0.39, 0.29) is 23.8 Å². The molecule has 0 amide bonds. The number of halogens is 1. The molecule has 3 fully saturated rings. The van der Waals surface area contributed by atoms with Crippen molar-refractivity contribution in [2.45, 2.75) is 31.8 Å². The van der Waals surface area contributed by atoms with Gasteiger partial charge in [-0.25, -0.2) is 0 Å². The van der Waals surface area contributed by atoms with Crippen molar-refractivity contribution in [1.29, 1.82) is 0 Å². The van der Waals surface area contributed by atoms with E-state index in [0.29, 0.717) is 12.0 Å². The van der Waals surface area contributed by atoms with Gasteiger partial charge in [-0.3, -0.25) is 9.59 Å². The minimum absolute atomic E-state index is 0.101. The van der Waals surface area contributed by atoms with Gasteiger partial charge >= 0.3 is 11.9 Å². The van der Waals surface area contributed by atoms with E-state index in [2.05, 4.69) is 4.74 Å². The Hall–Kier alpha value is -0.610. The second-order valence-electron chi connectivity index (χ2n) is 4.35. The van der Waals surface area contributed by atoms with Crippen LogP contribution in [0.3, 0.4) is 0 Å². The summed E-state index contributed by atoms with van der Waals surface area (Å²) in [7, 11) is 0. The van der Waals surface area contributed by atoms with Gasteiger partial charge < -0.3 is 9.47 Å². The number of fused-ring (bicyclic) bond motifs is 1. The number of esters is 2. The zero-order valence-corrected chi connectivity index (χ0v) is 9.74. The van der Waals surface area contributed by atoms with E-state index in [0.717, 1.165) is 32.3 Å². The molecule has 0 bridgehead atoms. The summed E-state index contributed by atoms with van der Waals surface area (Å²) in [5.41, 5.74) is 0. The second kappa shape index (κ2) is 5.15. The van der Waals surface area contributed by atoms with Crippen LogP contribution in [0.4, 0.5) is 0 Å². The Balaban J connectivity index is 0.000000162. The Morgan fingerprint density at radius 3 is 1.94 bits per heavy atom. The molecule has 16 heavy (non-hydrogen) atoms. The molecule has 3 unspecified atom stereocenters. The van der Waals surface area contributed by atoms with Crippen LogP contribution in [0, 0.1) is 11.8 Å². The molecule has 90 valence electrons. The summed E-state index contributed by atoms with van der Waals surface area (Å²) in [4.78, 5) is 22.0. The van der Waals surface area contributed by atoms with E-state index < -0.39 is 0 Å². The van der Waals surface area contributed by atoms with Crippen LogP contribution in [0.2, 0.25) is 0 Å². The van der Waals surface area contributed by atoms with Crippen molar-refractivity contribution in [2.75, 3.05) is 12.5 Å². The molecule has 5 heteroatoms. The van der Waals surface area contributed by atoms with Crippen molar-refractivity contribution in [3.63, 3.8) is 0 Å². The summed E-state index contributed by atoms with van der Waals surface area (Å²) in [6, 6.07) is 0. The van der Waals surface area contributed by atoms with Gasteiger partial charge in [0.05, 0.1) is 30.4 Å². The number of hydrogen-bond acceptors (Lipinski definition) is 4. The Labute approximate surface area is 99.2 Å². The first-order valence-electron chi connectivity index (χ1n) is 5.65. The SMILES string of the molecule is ClCC1CO1.O=C1OC(=O)C2CCCCC12. The van der Waals surface area contributed by atoms with Gasteiger partial charge in [0.1, 0.15) is 0 Å². The maximum absolute atomic E-state index is 11.0. The largest absolute Gasteiger partial charge is 0.393 e. The predicted octanol–water partition coefficient (Wildman–Crippen LogP) is 1.50. The Morgan fingerprint density at radius 2 is 1.62 bits per heavy atom. The number of ether oxygens (including phenoxy) is 2. The molecule has 3 aliphatic rings. The first kappa shape index (κ1) is 11.9. The van der Waals surface area contributed by atoms with E-state index in [9.17, 15) is 9.59 Å². The average molecular weight is 247 g/mol. The number of cyclic esters (lactones) is 2. The third-order valence-corrected chi connectivity index (χ3v) is 3.49. The second-order valence-corrected chi connectivity index (χ2v) is 4.66. The Morgan fingerprint density at radius 1 is 1.12 bits per heavy atom. The fraction of sp³-hybridized carbons (Fsp3) is 0.818. The molecule has 1 aliphatic carbocycles. The average Bonchev–Trinajstić information content (AvgIpc) is 3.09. The monoisotopic (exact) mass is 246 g/mol. The zero-order valence-electron chi connectivity index (χ0n) is 8.99. The summed E-state index contributed by atoms with van der Waals surface area (Å²) in [5.74, 6) is -0.119. The number of carbonyl (C=O) groups is 2. The van der Waals surface area contributed by atoms with Crippen molar-refractivity contribution < 1.29 is 19.1 Å². The molecule has 2 aliphatic heterocycles. The lowest BCUT2D eigenvalue weighted by Crippen LogP contribution is -2.21. The van der Waals surface area contributed by atoms with Gasteiger partial charge in [-0.1, -0.05) is 12.8 Å². The van der Waals surface area contributed by atoms with E-state index in [1.165, 1.54) is 0 Å². The molecule has 0 aromatic heterocycles. The van der Waals surface area contributed by atoms with Crippen molar-refractivity contribution in [1.82, 2.24) is 0 Å². The maximum Gasteiger partial charge on any atom is 0.317 e. The predicted molar refractivity (Wildman–Crippen MR) is 57.0 cm³/mol. The van der Waals surface area contributed by atoms with E-state index in [1.54, 1.807) is 0 Å². The first-order chi connectivity index (χ1) is 7.72. The van der Waals surface area contributed by atoms with Gasteiger partial charge in [-0.05, 0) is 12.8 Å². The highest BCUT2D eigenvalue weighted by atomic mass is 35.5. The van der Waals surface area contributed by atoms with Crippen LogP contribution >= 0.6 is 11.6 Å². The maximum atomic E-state index is 11.0. The number of rotatable bonds is 1. The van der Waals surface area contributed by atoms with Crippen molar-refractivity contribution in [3.8, 4) is 0 Å². The molecule has 3 atom stereocenters. The summed E-state index contributed by atoms with van der Waals surface area (Å²) in [6.07, 6.45) is 4.20. The van der Waals surface area contributed by atoms with Crippen LogP contribution < -0.4 is 0 Å².